The van der Waals surface area contributed by atoms with Gasteiger partial charge in [0.1, 0.15) is 11.6 Å². The number of benzene rings is 1. The first-order valence-corrected chi connectivity index (χ1v) is 5.28. The van der Waals surface area contributed by atoms with E-state index < -0.39 is 11.6 Å². The highest BCUT2D eigenvalue weighted by Gasteiger charge is 2.08. The summed E-state index contributed by atoms with van der Waals surface area (Å²) in [7, 11) is 0. The quantitative estimate of drug-likeness (QED) is 0.878. The molecule has 0 aliphatic carbocycles. The zero-order valence-corrected chi connectivity index (χ0v) is 9.32. The van der Waals surface area contributed by atoms with Gasteiger partial charge < -0.3 is 5.32 Å². The van der Waals surface area contributed by atoms with Crippen LogP contribution in [0.1, 0.15) is 18.5 Å². The highest BCUT2D eigenvalue weighted by atomic mass is 19.1. The molecule has 0 amide bonds. The lowest BCUT2D eigenvalue weighted by Gasteiger charge is -2.15. The lowest BCUT2D eigenvalue weighted by atomic mass is 10.1. The summed E-state index contributed by atoms with van der Waals surface area (Å²) >= 11 is 0. The first-order chi connectivity index (χ1) is 8.16. The van der Waals surface area contributed by atoms with Crippen LogP contribution in [0.25, 0.3) is 0 Å². The molecule has 1 aromatic carbocycles. The van der Waals surface area contributed by atoms with Gasteiger partial charge in [-0.25, -0.2) is 8.78 Å². The molecule has 4 heteroatoms. The van der Waals surface area contributed by atoms with Gasteiger partial charge in [-0.2, -0.15) is 0 Å². The van der Waals surface area contributed by atoms with E-state index in [1.54, 1.807) is 12.4 Å². The maximum absolute atomic E-state index is 13.4. The Bertz CT molecular complexity index is 500. The molecule has 1 aromatic heterocycles. The Morgan fingerprint density at radius 1 is 1.24 bits per heavy atom. The van der Waals surface area contributed by atoms with Crippen LogP contribution in [0.15, 0.2) is 42.7 Å². The van der Waals surface area contributed by atoms with Gasteiger partial charge in [-0.15, -0.1) is 0 Å². The van der Waals surface area contributed by atoms with Crippen LogP contribution in [0.4, 0.5) is 14.5 Å². The Labute approximate surface area is 98.3 Å². The van der Waals surface area contributed by atoms with E-state index in [2.05, 4.69) is 10.3 Å². The minimum atomic E-state index is -0.597. The van der Waals surface area contributed by atoms with Crippen molar-refractivity contribution in [3.05, 3.63) is 59.9 Å². The molecule has 88 valence electrons. The lowest BCUT2D eigenvalue weighted by Crippen LogP contribution is -2.08. The maximum Gasteiger partial charge on any atom is 0.149 e. The highest BCUT2D eigenvalue weighted by Crippen LogP contribution is 2.21. The zero-order chi connectivity index (χ0) is 12.3. The molecule has 0 aliphatic rings. The predicted octanol–water partition coefficient (Wildman–Crippen LogP) is 3.53. The van der Waals surface area contributed by atoms with E-state index in [1.165, 1.54) is 12.1 Å². The van der Waals surface area contributed by atoms with Gasteiger partial charge in [0.2, 0.25) is 0 Å². The van der Waals surface area contributed by atoms with E-state index >= 15 is 0 Å². The van der Waals surface area contributed by atoms with Gasteiger partial charge in [0.05, 0.1) is 11.7 Å². The average Bonchev–Trinajstić information content (AvgIpc) is 2.34. The number of halogens is 2. The molecule has 1 heterocycles. The minimum Gasteiger partial charge on any atom is -0.376 e. The maximum atomic E-state index is 13.4. The first kappa shape index (κ1) is 11.5. The third-order valence-electron chi connectivity index (χ3n) is 2.49. The van der Waals surface area contributed by atoms with Crippen molar-refractivity contribution in [1.82, 2.24) is 4.98 Å². The number of aromatic nitrogens is 1. The second-order valence-corrected chi connectivity index (χ2v) is 3.78. The van der Waals surface area contributed by atoms with Gasteiger partial charge in [0, 0.05) is 18.5 Å². The van der Waals surface area contributed by atoms with E-state index in [-0.39, 0.29) is 11.7 Å². The summed E-state index contributed by atoms with van der Waals surface area (Å²) in [5.74, 6) is -1.18. The third-order valence-corrected chi connectivity index (χ3v) is 2.49. The Morgan fingerprint density at radius 3 is 2.71 bits per heavy atom. The average molecular weight is 234 g/mol. The van der Waals surface area contributed by atoms with Crippen molar-refractivity contribution < 1.29 is 8.78 Å². The summed E-state index contributed by atoms with van der Waals surface area (Å²) in [6.45, 7) is 1.89. The molecule has 0 saturated carbocycles. The van der Waals surface area contributed by atoms with Crippen LogP contribution in [0.2, 0.25) is 0 Å². The first-order valence-electron chi connectivity index (χ1n) is 5.28. The number of hydrogen-bond donors (Lipinski definition) is 1. The predicted molar refractivity (Wildman–Crippen MR) is 62.6 cm³/mol. The normalized spacial score (nSPS) is 12.2. The van der Waals surface area contributed by atoms with Crippen molar-refractivity contribution in [3.63, 3.8) is 0 Å². The summed E-state index contributed by atoms with van der Waals surface area (Å²) in [5.41, 5.74) is 1.22. The summed E-state index contributed by atoms with van der Waals surface area (Å²) in [6.07, 6.45) is 3.38. The standard InChI is InChI=1S/C13H12F2N2/c1-9(10-3-2-6-16-8-10)17-13-5-4-11(14)7-12(13)15/h2-9,17H,1H3. The van der Waals surface area contributed by atoms with Gasteiger partial charge in [-0.3, -0.25) is 4.98 Å². The molecule has 17 heavy (non-hydrogen) atoms. The largest absolute Gasteiger partial charge is 0.376 e. The summed E-state index contributed by atoms with van der Waals surface area (Å²) in [4.78, 5) is 3.99. The number of rotatable bonds is 3. The molecule has 0 aliphatic heterocycles. The van der Waals surface area contributed by atoms with Gasteiger partial charge in [0.25, 0.3) is 0 Å². The molecule has 0 saturated heterocycles. The van der Waals surface area contributed by atoms with E-state index in [9.17, 15) is 8.78 Å². The van der Waals surface area contributed by atoms with E-state index in [0.29, 0.717) is 0 Å². The topological polar surface area (TPSA) is 24.9 Å². The fourth-order valence-electron chi connectivity index (χ4n) is 1.56. The van der Waals surface area contributed by atoms with Crippen LogP contribution in [0, 0.1) is 11.6 Å². The Morgan fingerprint density at radius 2 is 2.06 bits per heavy atom. The van der Waals surface area contributed by atoms with Gasteiger partial charge in [-0.05, 0) is 30.7 Å². The van der Waals surface area contributed by atoms with Crippen molar-refractivity contribution in [2.24, 2.45) is 0 Å². The van der Waals surface area contributed by atoms with Crippen molar-refractivity contribution in [2.75, 3.05) is 5.32 Å². The number of nitrogens with zero attached hydrogens (tertiary/aromatic N) is 1. The molecular weight excluding hydrogens is 222 g/mol. The molecule has 1 atom stereocenters. The van der Waals surface area contributed by atoms with Crippen molar-refractivity contribution in [3.8, 4) is 0 Å². The molecule has 0 fully saturated rings. The fraction of sp³-hybridized carbons (Fsp3) is 0.154. The third kappa shape index (κ3) is 2.78. The molecular formula is C13H12F2N2. The van der Waals surface area contributed by atoms with E-state index in [0.717, 1.165) is 11.6 Å². The second-order valence-electron chi connectivity index (χ2n) is 3.78. The van der Waals surface area contributed by atoms with E-state index in [4.69, 9.17) is 0 Å². The van der Waals surface area contributed by atoms with E-state index in [1.807, 2.05) is 19.1 Å². The Balaban J connectivity index is 2.16. The zero-order valence-electron chi connectivity index (χ0n) is 9.32. The lowest BCUT2D eigenvalue weighted by molar-refractivity contribution is 0.584. The smallest absolute Gasteiger partial charge is 0.149 e. The molecule has 2 aromatic rings. The molecule has 0 bridgehead atoms. The second kappa shape index (κ2) is 4.91. The van der Waals surface area contributed by atoms with Gasteiger partial charge in [-0.1, -0.05) is 6.07 Å². The summed E-state index contributed by atoms with van der Waals surface area (Å²) in [5, 5.41) is 2.97. The molecule has 2 rings (SSSR count). The van der Waals surface area contributed by atoms with Crippen molar-refractivity contribution in [1.29, 1.82) is 0 Å². The number of nitrogens with one attached hydrogen (secondary N) is 1. The van der Waals surface area contributed by atoms with Crippen LogP contribution in [0.5, 0.6) is 0 Å². The summed E-state index contributed by atoms with van der Waals surface area (Å²) in [6, 6.07) is 7.08. The monoisotopic (exact) mass is 234 g/mol. The van der Waals surface area contributed by atoms with Crippen LogP contribution in [-0.4, -0.2) is 4.98 Å². The molecule has 1 N–H and O–H groups in total. The number of anilines is 1. The van der Waals surface area contributed by atoms with Gasteiger partial charge in [0.15, 0.2) is 0 Å². The molecule has 0 radical (unpaired) electrons. The molecule has 1 unspecified atom stereocenters. The number of pyridine rings is 1. The van der Waals surface area contributed by atoms with Crippen LogP contribution >= 0.6 is 0 Å². The highest BCUT2D eigenvalue weighted by molar-refractivity contribution is 5.46. The van der Waals surface area contributed by atoms with Crippen molar-refractivity contribution >= 4 is 5.69 Å². The molecule has 2 nitrogen and oxygen atoms in total. The Hall–Kier alpha value is -1.97. The Kier molecular flexibility index (Phi) is 3.32. The number of hydrogen-bond acceptors (Lipinski definition) is 2. The van der Waals surface area contributed by atoms with Crippen LogP contribution in [-0.2, 0) is 0 Å². The fourth-order valence-corrected chi connectivity index (χ4v) is 1.56. The van der Waals surface area contributed by atoms with Crippen LogP contribution < -0.4 is 5.32 Å². The van der Waals surface area contributed by atoms with Crippen molar-refractivity contribution in [2.45, 2.75) is 13.0 Å². The molecule has 0 spiro atoms. The van der Waals surface area contributed by atoms with Gasteiger partial charge >= 0.3 is 0 Å². The minimum absolute atomic E-state index is 0.0938. The SMILES string of the molecule is CC(Nc1ccc(F)cc1F)c1cccnc1. The summed E-state index contributed by atoms with van der Waals surface area (Å²) < 4.78 is 26.1. The van der Waals surface area contributed by atoms with Crippen LogP contribution in [0.3, 0.4) is 0 Å².